The normalized spacial score (nSPS) is 14.3. The van der Waals surface area contributed by atoms with Crippen molar-refractivity contribution < 1.29 is 14.7 Å². The van der Waals surface area contributed by atoms with Crippen molar-refractivity contribution in [1.82, 2.24) is 10.6 Å². The fraction of sp³-hybridized carbons (Fsp3) is 0.778. The Kier molecular flexibility index (Phi) is 5.87. The highest BCUT2D eigenvalue weighted by molar-refractivity contribution is 5.87. The summed E-state index contributed by atoms with van der Waals surface area (Å²) in [5.41, 5.74) is 0. The predicted molar refractivity (Wildman–Crippen MR) is 52.6 cm³/mol. The number of carbonyl (C=O) groups is 2. The molecule has 2 atom stereocenters. The van der Waals surface area contributed by atoms with Crippen LogP contribution >= 0.6 is 0 Å². The molecule has 82 valence electrons. The molecule has 14 heavy (non-hydrogen) atoms. The SMILES string of the molecule is CCC(C)NC(=O)C(CO)NC(C)=O. The maximum absolute atomic E-state index is 11.4. The quantitative estimate of drug-likeness (QED) is 0.557. The van der Waals surface area contributed by atoms with E-state index in [1.807, 2.05) is 13.8 Å². The van der Waals surface area contributed by atoms with Crippen LogP contribution in [0, 0.1) is 0 Å². The fourth-order valence-electron chi connectivity index (χ4n) is 0.885. The van der Waals surface area contributed by atoms with E-state index in [-0.39, 0.29) is 24.5 Å². The van der Waals surface area contributed by atoms with Crippen LogP contribution in [0.25, 0.3) is 0 Å². The van der Waals surface area contributed by atoms with E-state index < -0.39 is 6.04 Å². The molecule has 2 amide bonds. The van der Waals surface area contributed by atoms with Gasteiger partial charge in [-0.3, -0.25) is 9.59 Å². The number of hydrogen-bond acceptors (Lipinski definition) is 3. The van der Waals surface area contributed by atoms with Gasteiger partial charge in [0.25, 0.3) is 0 Å². The van der Waals surface area contributed by atoms with E-state index in [2.05, 4.69) is 10.6 Å². The molecular formula is C9H18N2O3. The van der Waals surface area contributed by atoms with Crippen molar-refractivity contribution in [1.29, 1.82) is 0 Å². The first-order valence-corrected chi connectivity index (χ1v) is 4.69. The Morgan fingerprint density at radius 2 is 1.93 bits per heavy atom. The lowest BCUT2D eigenvalue weighted by Crippen LogP contribution is -2.50. The minimum Gasteiger partial charge on any atom is -0.394 e. The highest BCUT2D eigenvalue weighted by atomic mass is 16.3. The zero-order chi connectivity index (χ0) is 11.1. The van der Waals surface area contributed by atoms with Crippen LogP contribution in [-0.4, -0.2) is 35.6 Å². The zero-order valence-electron chi connectivity index (χ0n) is 8.83. The Morgan fingerprint density at radius 1 is 1.36 bits per heavy atom. The van der Waals surface area contributed by atoms with Gasteiger partial charge in [0.2, 0.25) is 11.8 Å². The third-order valence-electron chi connectivity index (χ3n) is 1.88. The molecule has 0 saturated heterocycles. The Labute approximate surface area is 83.9 Å². The Bertz CT molecular complexity index is 206. The van der Waals surface area contributed by atoms with E-state index in [4.69, 9.17) is 5.11 Å². The average Bonchev–Trinajstić information content (AvgIpc) is 2.13. The minimum atomic E-state index is -0.846. The number of aliphatic hydroxyl groups is 1. The highest BCUT2D eigenvalue weighted by Gasteiger charge is 2.18. The predicted octanol–water partition coefficient (Wildman–Crippen LogP) is -0.602. The summed E-state index contributed by atoms with van der Waals surface area (Å²) >= 11 is 0. The van der Waals surface area contributed by atoms with Crippen LogP contribution in [0.1, 0.15) is 27.2 Å². The summed E-state index contributed by atoms with van der Waals surface area (Å²) < 4.78 is 0. The summed E-state index contributed by atoms with van der Waals surface area (Å²) in [6.45, 7) is 4.72. The van der Waals surface area contributed by atoms with Gasteiger partial charge in [0, 0.05) is 13.0 Å². The number of carbonyl (C=O) groups excluding carboxylic acids is 2. The topological polar surface area (TPSA) is 78.4 Å². The Morgan fingerprint density at radius 3 is 2.29 bits per heavy atom. The first kappa shape index (κ1) is 12.9. The van der Waals surface area contributed by atoms with Crippen LogP contribution in [0.4, 0.5) is 0 Å². The van der Waals surface area contributed by atoms with Gasteiger partial charge in [-0.05, 0) is 13.3 Å². The van der Waals surface area contributed by atoms with Crippen LogP contribution in [0.2, 0.25) is 0 Å². The van der Waals surface area contributed by atoms with Crippen LogP contribution < -0.4 is 10.6 Å². The molecule has 0 bridgehead atoms. The van der Waals surface area contributed by atoms with E-state index in [1.54, 1.807) is 0 Å². The molecule has 0 aliphatic rings. The summed E-state index contributed by atoms with van der Waals surface area (Å²) in [6.07, 6.45) is 0.809. The van der Waals surface area contributed by atoms with Gasteiger partial charge in [-0.1, -0.05) is 6.92 Å². The standard InChI is InChI=1S/C9H18N2O3/c1-4-6(2)10-9(14)8(5-12)11-7(3)13/h6,8,12H,4-5H2,1-3H3,(H,10,14)(H,11,13). The molecule has 0 aromatic carbocycles. The van der Waals surface area contributed by atoms with Gasteiger partial charge in [0.05, 0.1) is 6.61 Å². The number of aliphatic hydroxyl groups excluding tert-OH is 1. The van der Waals surface area contributed by atoms with Gasteiger partial charge >= 0.3 is 0 Å². The molecule has 5 nitrogen and oxygen atoms in total. The number of rotatable bonds is 5. The second-order valence-corrected chi connectivity index (χ2v) is 3.25. The molecule has 0 spiro atoms. The van der Waals surface area contributed by atoms with Crippen LogP contribution in [0.5, 0.6) is 0 Å². The first-order valence-electron chi connectivity index (χ1n) is 4.69. The van der Waals surface area contributed by atoms with Crippen molar-refractivity contribution in [3.8, 4) is 0 Å². The van der Waals surface area contributed by atoms with Crippen molar-refractivity contribution in [3.63, 3.8) is 0 Å². The van der Waals surface area contributed by atoms with Gasteiger partial charge in [-0.15, -0.1) is 0 Å². The second kappa shape index (κ2) is 6.37. The number of hydrogen-bond donors (Lipinski definition) is 3. The van der Waals surface area contributed by atoms with Crippen LogP contribution in [-0.2, 0) is 9.59 Å². The van der Waals surface area contributed by atoms with Crippen molar-refractivity contribution in [3.05, 3.63) is 0 Å². The third-order valence-corrected chi connectivity index (χ3v) is 1.88. The molecule has 0 aromatic rings. The van der Waals surface area contributed by atoms with Gasteiger partial charge in [-0.2, -0.15) is 0 Å². The fourth-order valence-corrected chi connectivity index (χ4v) is 0.885. The molecule has 0 heterocycles. The lowest BCUT2D eigenvalue weighted by molar-refractivity contribution is -0.129. The number of amides is 2. The van der Waals surface area contributed by atoms with Gasteiger partial charge in [-0.25, -0.2) is 0 Å². The Hall–Kier alpha value is -1.10. The lowest BCUT2D eigenvalue weighted by Gasteiger charge is -2.18. The summed E-state index contributed by atoms with van der Waals surface area (Å²) in [7, 11) is 0. The molecular weight excluding hydrogens is 184 g/mol. The monoisotopic (exact) mass is 202 g/mol. The van der Waals surface area contributed by atoms with Crippen LogP contribution in [0.3, 0.4) is 0 Å². The van der Waals surface area contributed by atoms with E-state index in [0.717, 1.165) is 6.42 Å². The van der Waals surface area contributed by atoms with Gasteiger partial charge < -0.3 is 15.7 Å². The maximum atomic E-state index is 11.4. The van der Waals surface area contributed by atoms with E-state index in [0.29, 0.717) is 0 Å². The van der Waals surface area contributed by atoms with E-state index in [1.165, 1.54) is 6.92 Å². The molecule has 0 radical (unpaired) electrons. The molecule has 5 heteroatoms. The van der Waals surface area contributed by atoms with Crippen molar-refractivity contribution >= 4 is 11.8 Å². The molecule has 0 aromatic heterocycles. The second-order valence-electron chi connectivity index (χ2n) is 3.25. The molecule has 3 N–H and O–H groups in total. The maximum Gasteiger partial charge on any atom is 0.245 e. The molecule has 0 rings (SSSR count). The summed E-state index contributed by atoms with van der Waals surface area (Å²) in [5, 5.41) is 13.9. The average molecular weight is 202 g/mol. The molecule has 0 fully saturated rings. The zero-order valence-corrected chi connectivity index (χ0v) is 8.83. The first-order chi connectivity index (χ1) is 6.51. The third kappa shape index (κ3) is 4.81. The molecule has 0 aliphatic heterocycles. The highest BCUT2D eigenvalue weighted by Crippen LogP contribution is 1.90. The molecule has 0 aliphatic carbocycles. The van der Waals surface area contributed by atoms with Gasteiger partial charge in [0.1, 0.15) is 6.04 Å². The van der Waals surface area contributed by atoms with Crippen molar-refractivity contribution in [2.24, 2.45) is 0 Å². The lowest BCUT2D eigenvalue weighted by atomic mass is 10.2. The van der Waals surface area contributed by atoms with Crippen molar-refractivity contribution in [2.75, 3.05) is 6.61 Å². The van der Waals surface area contributed by atoms with E-state index >= 15 is 0 Å². The van der Waals surface area contributed by atoms with Crippen molar-refractivity contribution in [2.45, 2.75) is 39.3 Å². The smallest absolute Gasteiger partial charge is 0.245 e. The summed E-state index contributed by atoms with van der Waals surface area (Å²) in [4.78, 5) is 22.1. The molecule has 0 saturated carbocycles. The number of nitrogens with one attached hydrogen (secondary N) is 2. The van der Waals surface area contributed by atoms with Gasteiger partial charge in [0.15, 0.2) is 0 Å². The van der Waals surface area contributed by atoms with Crippen LogP contribution in [0.15, 0.2) is 0 Å². The largest absolute Gasteiger partial charge is 0.394 e. The summed E-state index contributed by atoms with van der Waals surface area (Å²) in [5.74, 6) is -0.680. The Balaban J connectivity index is 4.10. The minimum absolute atomic E-state index is 0.0466. The summed E-state index contributed by atoms with van der Waals surface area (Å²) in [6, 6.07) is -0.799. The molecule has 2 unspecified atom stereocenters. The van der Waals surface area contributed by atoms with E-state index in [9.17, 15) is 9.59 Å².